The van der Waals surface area contributed by atoms with Gasteiger partial charge in [-0.3, -0.25) is 9.69 Å². The second-order valence-electron chi connectivity index (χ2n) is 6.23. The van der Waals surface area contributed by atoms with Crippen molar-refractivity contribution in [1.82, 2.24) is 15.1 Å². The first kappa shape index (κ1) is 16.1. The maximum atomic E-state index is 12.2. The molecule has 2 rings (SSSR count). The molecule has 0 spiro atoms. The van der Waals surface area contributed by atoms with E-state index in [1.807, 2.05) is 9.80 Å². The molecule has 0 radical (unpaired) electrons. The zero-order chi connectivity index (χ0) is 15.2. The number of carboxylic acid groups (broad SMARTS) is 1. The van der Waals surface area contributed by atoms with Crippen molar-refractivity contribution in [2.24, 2.45) is 5.92 Å². The molecule has 1 heterocycles. The van der Waals surface area contributed by atoms with E-state index < -0.39 is 5.97 Å². The highest BCUT2D eigenvalue weighted by Crippen LogP contribution is 2.26. The van der Waals surface area contributed by atoms with Gasteiger partial charge in [0.05, 0.1) is 6.54 Å². The van der Waals surface area contributed by atoms with E-state index in [4.69, 9.17) is 5.11 Å². The number of hydrogen-bond acceptors (Lipinski definition) is 3. The molecule has 2 aliphatic rings. The second-order valence-corrected chi connectivity index (χ2v) is 6.23. The molecule has 0 unspecified atom stereocenters. The van der Waals surface area contributed by atoms with Gasteiger partial charge in [0.2, 0.25) is 0 Å². The molecule has 1 saturated carbocycles. The molecule has 2 N–H and O–H groups in total. The Morgan fingerprint density at radius 2 is 1.71 bits per heavy atom. The summed E-state index contributed by atoms with van der Waals surface area (Å²) in [4.78, 5) is 26.6. The lowest BCUT2D eigenvalue weighted by molar-refractivity contribution is -0.138. The van der Waals surface area contributed by atoms with Gasteiger partial charge in [0, 0.05) is 32.2 Å². The second kappa shape index (κ2) is 7.64. The smallest absolute Gasteiger partial charge is 0.317 e. The van der Waals surface area contributed by atoms with Gasteiger partial charge in [0.25, 0.3) is 0 Å². The lowest BCUT2D eigenvalue weighted by atomic mass is 9.84. The minimum Gasteiger partial charge on any atom is -0.480 e. The molecule has 1 saturated heterocycles. The molecule has 1 aliphatic heterocycles. The third-order valence-electron chi connectivity index (χ3n) is 4.77. The maximum Gasteiger partial charge on any atom is 0.317 e. The fourth-order valence-corrected chi connectivity index (χ4v) is 3.28. The predicted molar refractivity (Wildman–Crippen MR) is 80.2 cm³/mol. The molecule has 6 nitrogen and oxygen atoms in total. The van der Waals surface area contributed by atoms with Gasteiger partial charge >= 0.3 is 12.0 Å². The monoisotopic (exact) mass is 297 g/mol. The molecule has 0 bridgehead atoms. The number of aliphatic carboxylic acids is 1. The quantitative estimate of drug-likeness (QED) is 0.822. The van der Waals surface area contributed by atoms with Crippen LogP contribution in [0.2, 0.25) is 0 Å². The van der Waals surface area contributed by atoms with E-state index in [1.165, 1.54) is 19.3 Å². The number of carboxylic acids is 1. The van der Waals surface area contributed by atoms with Gasteiger partial charge in [0.1, 0.15) is 0 Å². The highest BCUT2D eigenvalue weighted by Gasteiger charge is 2.26. The van der Waals surface area contributed by atoms with Gasteiger partial charge in [-0.1, -0.05) is 13.3 Å². The number of urea groups is 1. The van der Waals surface area contributed by atoms with Crippen LogP contribution in [-0.2, 0) is 4.79 Å². The Labute approximate surface area is 126 Å². The van der Waals surface area contributed by atoms with Crippen LogP contribution in [0.4, 0.5) is 4.79 Å². The Morgan fingerprint density at radius 1 is 1.10 bits per heavy atom. The standard InChI is InChI=1S/C15H27N3O3/c1-2-12-3-5-13(6-4-12)16-15(21)18-9-7-17(8-10-18)11-14(19)20/h12-13H,2-11H2,1H3,(H,16,21)(H,19,20). The Balaban J connectivity index is 1.69. The number of rotatable bonds is 4. The van der Waals surface area contributed by atoms with Crippen LogP contribution in [0.25, 0.3) is 0 Å². The normalized spacial score (nSPS) is 27.4. The molecule has 2 fully saturated rings. The maximum absolute atomic E-state index is 12.2. The van der Waals surface area contributed by atoms with Gasteiger partial charge in [-0.25, -0.2) is 4.79 Å². The fourth-order valence-electron chi connectivity index (χ4n) is 3.28. The van der Waals surface area contributed by atoms with Gasteiger partial charge in [-0.05, 0) is 31.6 Å². The zero-order valence-electron chi connectivity index (χ0n) is 12.9. The van der Waals surface area contributed by atoms with Crippen LogP contribution in [-0.4, -0.2) is 65.7 Å². The highest BCUT2D eigenvalue weighted by molar-refractivity contribution is 5.74. The Kier molecular flexibility index (Phi) is 5.85. The summed E-state index contributed by atoms with van der Waals surface area (Å²) >= 11 is 0. The molecular weight excluding hydrogens is 270 g/mol. The summed E-state index contributed by atoms with van der Waals surface area (Å²) in [5.74, 6) is 0.0262. The van der Waals surface area contributed by atoms with Crippen molar-refractivity contribution in [2.75, 3.05) is 32.7 Å². The van der Waals surface area contributed by atoms with E-state index in [2.05, 4.69) is 12.2 Å². The summed E-state index contributed by atoms with van der Waals surface area (Å²) in [5, 5.41) is 11.9. The SMILES string of the molecule is CCC1CCC(NC(=O)N2CCN(CC(=O)O)CC2)CC1. The number of nitrogens with zero attached hydrogens (tertiary/aromatic N) is 2. The minimum atomic E-state index is -0.805. The number of nitrogens with one attached hydrogen (secondary N) is 1. The molecule has 0 aromatic rings. The van der Waals surface area contributed by atoms with E-state index >= 15 is 0 Å². The molecule has 0 atom stereocenters. The summed E-state index contributed by atoms with van der Waals surface area (Å²) < 4.78 is 0. The Morgan fingerprint density at radius 3 is 2.24 bits per heavy atom. The molecule has 21 heavy (non-hydrogen) atoms. The van der Waals surface area contributed by atoms with E-state index in [0.29, 0.717) is 32.2 Å². The predicted octanol–water partition coefficient (Wildman–Crippen LogP) is 1.37. The van der Waals surface area contributed by atoms with Crippen LogP contribution < -0.4 is 5.32 Å². The van der Waals surface area contributed by atoms with Gasteiger partial charge in [-0.15, -0.1) is 0 Å². The van der Waals surface area contributed by atoms with Crippen LogP contribution in [0.1, 0.15) is 39.0 Å². The summed E-state index contributed by atoms with van der Waals surface area (Å²) in [6.45, 7) is 4.81. The van der Waals surface area contributed by atoms with E-state index in [1.54, 1.807) is 0 Å². The molecule has 0 aromatic carbocycles. The zero-order valence-corrected chi connectivity index (χ0v) is 12.9. The average molecular weight is 297 g/mol. The average Bonchev–Trinajstić information content (AvgIpc) is 2.48. The van der Waals surface area contributed by atoms with Gasteiger partial charge < -0.3 is 15.3 Å². The van der Waals surface area contributed by atoms with Crippen LogP contribution in [0, 0.1) is 5.92 Å². The first-order chi connectivity index (χ1) is 10.1. The van der Waals surface area contributed by atoms with Crippen molar-refractivity contribution in [2.45, 2.75) is 45.1 Å². The summed E-state index contributed by atoms with van der Waals surface area (Å²) in [6.07, 6.45) is 5.85. The largest absolute Gasteiger partial charge is 0.480 e. The van der Waals surface area contributed by atoms with Crippen LogP contribution in [0.3, 0.4) is 0 Å². The van der Waals surface area contributed by atoms with Crippen LogP contribution in [0.15, 0.2) is 0 Å². The number of amides is 2. The van der Waals surface area contributed by atoms with Crippen molar-refractivity contribution in [1.29, 1.82) is 0 Å². The Bertz CT molecular complexity index is 359. The third kappa shape index (κ3) is 4.88. The first-order valence-electron chi connectivity index (χ1n) is 8.08. The van der Waals surface area contributed by atoms with E-state index in [9.17, 15) is 9.59 Å². The molecule has 6 heteroatoms. The topological polar surface area (TPSA) is 72.9 Å². The first-order valence-corrected chi connectivity index (χ1v) is 8.08. The summed E-state index contributed by atoms with van der Waals surface area (Å²) in [7, 11) is 0. The molecule has 0 aromatic heterocycles. The van der Waals surface area contributed by atoms with Crippen molar-refractivity contribution in [3.63, 3.8) is 0 Å². The molecular formula is C15H27N3O3. The molecule has 120 valence electrons. The summed E-state index contributed by atoms with van der Waals surface area (Å²) in [5.41, 5.74) is 0. The molecule has 1 aliphatic carbocycles. The van der Waals surface area contributed by atoms with Gasteiger partial charge in [-0.2, -0.15) is 0 Å². The lowest BCUT2D eigenvalue weighted by Crippen LogP contribution is -2.54. The van der Waals surface area contributed by atoms with Gasteiger partial charge in [0.15, 0.2) is 0 Å². The van der Waals surface area contributed by atoms with Crippen molar-refractivity contribution in [3.05, 3.63) is 0 Å². The summed E-state index contributed by atoms with van der Waals surface area (Å²) in [6, 6.07) is 0.335. The Hall–Kier alpha value is -1.30. The van der Waals surface area contributed by atoms with Crippen molar-refractivity contribution < 1.29 is 14.7 Å². The van der Waals surface area contributed by atoms with E-state index in [0.717, 1.165) is 18.8 Å². The number of carbonyl (C=O) groups is 2. The third-order valence-corrected chi connectivity index (χ3v) is 4.77. The lowest BCUT2D eigenvalue weighted by Gasteiger charge is -2.36. The van der Waals surface area contributed by atoms with Crippen LogP contribution in [0.5, 0.6) is 0 Å². The minimum absolute atomic E-state index is 0.0184. The number of carbonyl (C=O) groups excluding carboxylic acids is 1. The number of hydrogen-bond donors (Lipinski definition) is 2. The van der Waals surface area contributed by atoms with E-state index in [-0.39, 0.29) is 12.6 Å². The highest BCUT2D eigenvalue weighted by atomic mass is 16.4. The number of piperazine rings is 1. The fraction of sp³-hybridized carbons (Fsp3) is 0.867. The van der Waals surface area contributed by atoms with Crippen molar-refractivity contribution in [3.8, 4) is 0 Å². The van der Waals surface area contributed by atoms with Crippen molar-refractivity contribution >= 4 is 12.0 Å². The van der Waals surface area contributed by atoms with Crippen LogP contribution >= 0.6 is 0 Å². The molecule has 2 amide bonds.